The third-order valence-electron chi connectivity index (χ3n) is 6.41. The van der Waals surface area contributed by atoms with Crippen molar-refractivity contribution in [1.29, 1.82) is 0 Å². The Morgan fingerprint density at radius 1 is 1.07 bits per heavy atom. The van der Waals surface area contributed by atoms with Crippen molar-refractivity contribution in [1.82, 2.24) is 10.6 Å². The number of amides is 3. The average molecular weight is 385 g/mol. The highest BCUT2D eigenvalue weighted by Crippen LogP contribution is 2.55. The third-order valence-corrected chi connectivity index (χ3v) is 6.41. The molecule has 4 saturated carbocycles. The van der Waals surface area contributed by atoms with E-state index in [4.69, 9.17) is 0 Å². The molecule has 4 aliphatic rings. The van der Waals surface area contributed by atoms with Crippen LogP contribution < -0.4 is 16.0 Å². The highest BCUT2D eigenvalue weighted by atomic mass is 16.5. The van der Waals surface area contributed by atoms with Crippen molar-refractivity contribution in [3.8, 4) is 0 Å². The minimum atomic E-state index is -0.442. The number of carbonyl (C=O) groups excluding carboxylic acids is 3. The molecule has 0 saturated heterocycles. The number of benzene rings is 1. The maximum absolute atomic E-state index is 12.4. The van der Waals surface area contributed by atoms with Crippen LogP contribution in [-0.4, -0.2) is 37.1 Å². The van der Waals surface area contributed by atoms with Gasteiger partial charge in [0.25, 0.3) is 0 Å². The van der Waals surface area contributed by atoms with E-state index in [0.717, 1.165) is 37.0 Å². The summed E-state index contributed by atoms with van der Waals surface area (Å²) < 4.78 is 4.69. The predicted molar refractivity (Wildman–Crippen MR) is 104 cm³/mol. The topological polar surface area (TPSA) is 96.5 Å². The zero-order chi connectivity index (χ0) is 19.7. The van der Waals surface area contributed by atoms with Crippen molar-refractivity contribution < 1.29 is 19.1 Å². The smallest absolute Gasteiger partial charge is 0.337 e. The van der Waals surface area contributed by atoms with E-state index in [-0.39, 0.29) is 12.1 Å². The summed E-state index contributed by atoms with van der Waals surface area (Å²) in [5.41, 5.74) is 0.883. The van der Waals surface area contributed by atoms with Crippen molar-refractivity contribution >= 4 is 23.6 Å². The lowest BCUT2D eigenvalue weighted by Crippen LogP contribution is -2.62. The molecule has 0 aliphatic heterocycles. The summed E-state index contributed by atoms with van der Waals surface area (Å²) in [4.78, 5) is 36.1. The van der Waals surface area contributed by atoms with Gasteiger partial charge in [0.05, 0.1) is 19.2 Å². The maximum atomic E-state index is 12.4. The van der Waals surface area contributed by atoms with E-state index >= 15 is 0 Å². The molecular weight excluding hydrogens is 358 g/mol. The van der Waals surface area contributed by atoms with Crippen LogP contribution in [0.4, 0.5) is 10.5 Å². The summed E-state index contributed by atoms with van der Waals surface area (Å²) in [5, 5.41) is 8.48. The average Bonchev–Trinajstić information content (AvgIpc) is 2.64. The standard InChI is InChI=1S/C21H27N3O4/c1-28-19(26)16-3-2-4-17(8-16)22-12-18(25)23-20(27)24-21-9-13-5-14(10-21)7-15(6-13)11-21/h2-4,8,13-15,22H,5-7,9-12H2,1H3,(H2,23,24,25,27). The van der Waals surface area contributed by atoms with Crippen molar-refractivity contribution in [3.05, 3.63) is 29.8 Å². The summed E-state index contributed by atoms with van der Waals surface area (Å²) >= 11 is 0. The number of anilines is 1. The van der Waals surface area contributed by atoms with Gasteiger partial charge >= 0.3 is 12.0 Å². The Balaban J connectivity index is 1.27. The zero-order valence-electron chi connectivity index (χ0n) is 16.1. The van der Waals surface area contributed by atoms with E-state index in [9.17, 15) is 14.4 Å². The fourth-order valence-electron chi connectivity index (χ4n) is 5.76. The largest absolute Gasteiger partial charge is 0.465 e. The van der Waals surface area contributed by atoms with Crippen molar-refractivity contribution in [3.63, 3.8) is 0 Å². The van der Waals surface area contributed by atoms with E-state index in [2.05, 4.69) is 20.7 Å². The number of carbonyl (C=O) groups is 3. The van der Waals surface area contributed by atoms with Gasteiger partial charge in [-0.25, -0.2) is 9.59 Å². The lowest BCUT2D eigenvalue weighted by Gasteiger charge is -2.56. The van der Waals surface area contributed by atoms with Gasteiger partial charge in [-0.3, -0.25) is 10.1 Å². The molecule has 1 aromatic rings. The van der Waals surface area contributed by atoms with Crippen LogP contribution in [0.25, 0.3) is 0 Å². The summed E-state index contributed by atoms with van der Waals surface area (Å²) in [6.07, 6.45) is 7.03. The molecule has 0 radical (unpaired) electrons. The molecule has 150 valence electrons. The summed E-state index contributed by atoms with van der Waals surface area (Å²) in [5.74, 6) is 1.33. The Kier molecular flexibility index (Phi) is 5.00. The number of hydrogen-bond acceptors (Lipinski definition) is 5. The van der Waals surface area contributed by atoms with Crippen molar-refractivity contribution in [2.45, 2.75) is 44.1 Å². The summed E-state index contributed by atoms with van der Waals surface area (Å²) in [7, 11) is 1.32. The van der Waals surface area contributed by atoms with Crippen molar-refractivity contribution in [2.24, 2.45) is 17.8 Å². The Bertz CT molecular complexity index is 756. The highest BCUT2D eigenvalue weighted by molar-refractivity contribution is 5.96. The molecule has 7 heteroatoms. The number of hydrogen-bond donors (Lipinski definition) is 3. The second-order valence-corrected chi connectivity index (χ2v) is 8.63. The maximum Gasteiger partial charge on any atom is 0.337 e. The van der Waals surface area contributed by atoms with Gasteiger partial charge in [-0.05, 0) is 74.5 Å². The van der Waals surface area contributed by atoms with E-state index in [1.165, 1.54) is 26.4 Å². The van der Waals surface area contributed by atoms with Gasteiger partial charge in [0.15, 0.2) is 0 Å². The Hall–Kier alpha value is -2.57. The van der Waals surface area contributed by atoms with Gasteiger partial charge in [-0.1, -0.05) is 6.07 Å². The Morgan fingerprint density at radius 2 is 1.71 bits per heavy atom. The summed E-state index contributed by atoms with van der Waals surface area (Å²) in [6.45, 7) is -0.0566. The molecule has 3 N–H and O–H groups in total. The quantitative estimate of drug-likeness (QED) is 0.677. The van der Waals surface area contributed by atoms with E-state index in [0.29, 0.717) is 11.3 Å². The molecule has 0 spiro atoms. The van der Waals surface area contributed by atoms with E-state index < -0.39 is 17.9 Å². The number of esters is 1. The lowest BCUT2D eigenvalue weighted by atomic mass is 9.53. The first-order chi connectivity index (χ1) is 13.4. The van der Waals surface area contributed by atoms with Crippen LogP contribution in [0.2, 0.25) is 0 Å². The van der Waals surface area contributed by atoms with Gasteiger partial charge in [-0.15, -0.1) is 0 Å². The second kappa shape index (κ2) is 7.45. The molecular formula is C21H27N3O4. The molecule has 0 heterocycles. The SMILES string of the molecule is COC(=O)c1cccc(NCC(=O)NC(=O)NC23CC4CC(CC(C4)C2)C3)c1. The molecule has 4 bridgehead atoms. The van der Waals surface area contributed by atoms with Crippen LogP contribution in [0.1, 0.15) is 48.9 Å². The number of ether oxygens (including phenoxy) is 1. The molecule has 4 fully saturated rings. The Labute approximate surface area is 164 Å². The number of urea groups is 1. The van der Waals surface area contributed by atoms with Gasteiger partial charge in [0.2, 0.25) is 5.91 Å². The zero-order valence-corrected chi connectivity index (χ0v) is 16.1. The van der Waals surface area contributed by atoms with E-state index in [1.54, 1.807) is 24.3 Å². The molecule has 0 aromatic heterocycles. The van der Waals surface area contributed by atoms with Gasteiger partial charge in [0.1, 0.15) is 0 Å². The fourth-order valence-corrected chi connectivity index (χ4v) is 5.76. The molecule has 0 unspecified atom stereocenters. The van der Waals surface area contributed by atoms with E-state index in [1.807, 2.05) is 0 Å². The number of methoxy groups -OCH3 is 1. The minimum Gasteiger partial charge on any atom is -0.465 e. The number of rotatable bonds is 5. The van der Waals surface area contributed by atoms with Crippen LogP contribution in [0.3, 0.4) is 0 Å². The first-order valence-corrected chi connectivity index (χ1v) is 9.99. The van der Waals surface area contributed by atoms with Gasteiger partial charge < -0.3 is 15.4 Å². The molecule has 5 rings (SSSR count). The van der Waals surface area contributed by atoms with Gasteiger partial charge in [-0.2, -0.15) is 0 Å². The fraction of sp³-hybridized carbons (Fsp3) is 0.571. The van der Waals surface area contributed by atoms with Crippen LogP contribution in [0.15, 0.2) is 24.3 Å². The van der Waals surface area contributed by atoms with Gasteiger partial charge in [0, 0.05) is 11.2 Å². The minimum absolute atomic E-state index is 0.0566. The Morgan fingerprint density at radius 3 is 2.32 bits per heavy atom. The van der Waals surface area contributed by atoms with Crippen LogP contribution in [0, 0.1) is 17.8 Å². The molecule has 1 aromatic carbocycles. The molecule has 7 nitrogen and oxygen atoms in total. The second-order valence-electron chi connectivity index (χ2n) is 8.63. The normalized spacial score (nSPS) is 29.8. The van der Waals surface area contributed by atoms with Crippen LogP contribution in [-0.2, 0) is 9.53 Å². The monoisotopic (exact) mass is 385 g/mol. The molecule has 3 amide bonds. The van der Waals surface area contributed by atoms with Crippen molar-refractivity contribution in [2.75, 3.05) is 19.0 Å². The highest BCUT2D eigenvalue weighted by Gasteiger charge is 2.51. The first-order valence-electron chi connectivity index (χ1n) is 9.99. The number of imide groups is 1. The lowest BCUT2D eigenvalue weighted by molar-refractivity contribution is -0.118. The molecule has 28 heavy (non-hydrogen) atoms. The predicted octanol–water partition coefficient (Wildman–Crippen LogP) is 2.68. The van der Waals surface area contributed by atoms with Crippen LogP contribution in [0.5, 0.6) is 0 Å². The number of nitrogens with one attached hydrogen (secondary N) is 3. The molecule has 4 aliphatic carbocycles. The third kappa shape index (κ3) is 3.98. The van der Waals surface area contributed by atoms with Crippen LogP contribution >= 0.6 is 0 Å². The first kappa shape index (κ1) is 18.8. The summed E-state index contributed by atoms with van der Waals surface area (Å²) in [6, 6.07) is 6.28. The molecule has 0 atom stereocenters.